The molecule has 39 heavy (non-hydrogen) atoms. The number of β-lactam (4-membered cyclic amide) rings is 1. The summed E-state index contributed by atoms with van der Waals surface area (Å²) in [6.07, 6.45) is -0.0942. The number of anilines is 1. The van der Waals surface area contributed by atoms with Gasteiger partial charge in [-0.25, -0.2) is 9.78 Å². The van der Waals surface area contributed by atoms with Gasteiger partial charge in [-0.15, -0.1) is 23.1 Å². The number of ether oxygens (including phenoxy) is 2. The molecule has 0 aliphatic carbocycles. The fourth-order valence-electron chi connectivity index (χ4n) is 4.57. The van der Waals surface area contributed by atoms with E-state index in [2.05, 4.69) is 15.5 Å². The van der Waals surface area contributed by atoms with Gasteiger partial charge in [-0.2, -0.15) is 0 Å². The fourth-order valence-corrected chi connectivity index (χ4v) is 6.67. The number of oxime groups is 1. The summed E-state index contributed by atoms with van der Waals surface area (Å²) < 4.78 is 10.9. The first-order valence-electron chi connectivity index (χ1n) is 11.4. The molecule has 5 rings (SSSR count). The Balaban J connectivity index is 1.33. The molecule has 0 radical (unpaired) electrons. The van der Waals surface area contributed by atoms with Crippen LogP contribution in [-0.2, 0) is 40.1 Å². The van der Waals surface area contributed by atoms with E-state index in [0.29, 0.717) is 5.56 Å². The number of nitrogens with one attached hydrogen (secondary N) is 1. The average Bonchev–Trinajstić information content (AvgIpc) is 3.50. The van der Waals surface area contributed by atoms with Crippen LogP contribution >= 0.6 is 23.1 Å². The van der Waals surface area contributed by atoms with Crippen LogP contribution in [0.4, 0.5) is 10.8 Å². The van der Waals surface area contributed by atoms with Gasteiger partial charge in [0.05, 0.1) is 11.3 Å². The molecule has 1 aromatic carbocycles. The molecule has 1 aromatic heterocycles. The van der Waals surface area contributed by atoms with E-state index in [1.54, 1.807) is 0 Å². The van der Waals surface area contributed by atoms with Gasteiger partial charge in [0.1, 0.15) is 30.8 Å². The number of thioether (sulfide) groups is 1. The first-order chi connectivity index (χ1) is 18.6. The van der Waals surface area contributed by atoms with Gasteiger partial charge in [-0.3, -0.25) is 29.4 Å². The van der Waals surface area contributed by atoms with Crippen LogP contribution in [0.5, 0.6) is 0 Å². The Labute approximate surface area is 227 Å². The van der Waals surface area contributed by atoms with Crippen molar-refractivity contribution in [1.29, 1.82) is 0 Å². The third-order valence-corrected chi connectivity index (χ3v) is 8.46. The lowest BCUT2D eigenvalue weighted by Crippen LogP contribution is -2.80. The lowest BCUT2D eigenvalue weighted by atomic mass is 9.89. The molecule has 3 N–H and O–H groups in total. The maximum absolute atomic E-state index is 13.4. The molecule has 0 bridgehead atoms. The number of hydrogen-bond donors (Lipinski definition) is 2. The van der Waals surface area contributed by atoms with E-state index in [0.717, 1.165) is 16.2 Å². The zero-order valence-electron chi connectivity index (χ0n) is 20.1. The molecule has 4 heterocycles. The Hall–Kier alpha value is -4.25. The zero-order chi connectivity index (χ0) is 27.9. The number of rotatable bonds is 8. The number of benzene rings is 1. The number of nitrogens with two attached hydrogens (primary N) is 1. The fraction of sp³-hybridized carbons (Fsp3) is 0.364. The molecule has 0 spiro atoms. The molecular weight excluding hydrogens is 556 g/mol. The Morgan fingerprint density at radius 1 is 1.36 bits per heavy atom. The van der Waals surface area contributed by atoms with Gasteiger partial charge >= 0.3 is 11.9 Å². The number of nitrogens with zero attached hydrogens (tertiary/aromatic N) is 4. The van der Waals surface area contributed by atoms with Gasteiger partial charge in [0.25, 0.3) is 23.2 Å². The highest BCUT2D eigenvalue weighted by Gasteiger charge is 2.71. The third-order valence-electron chi connectivity index (χ3n) is 6.36. The number of nitro groups is 1. The van der Waals surface area contributed by atoms with Crippen molar-refractivity contribution in [1.82, 2.24) is 15.2 Å². The molecule has 0 unspecified atom stereocenters. The van der Waals surface area contributed by atoms with E-state index >= 15 is 0 Å². The first-order valence-corrected chi connectivity index (χ1v) is 13.3. The van der Waals surface area contributed by atoms with Crippen LogP contribution in [0.25, 0.3) is 0 Å². The SMILES string of the molecule is CO/N=C(\C(=O)N[C@@H]1C(=O)N2[C@@H]1SC[C@@H]1CC(=O)O[C@@]12C(=O)OCc1ccc([N+](=O)[O-])cc1)c1csc(N)n1. The molecule has 3 fully saturated rings. The van der Waals surface area contributed by atoms with Crippen LogP contribution in [-0.4, -0.2) is 74.3 Å². The van der Waals surface area contributed by atoms with Crippen molar-refractivity contribution in [3.05, 3.63) is 51.0 Å². The molecule has 17 heteroatoms. The van der Waals surface area contributed by atoms with Crippen LogP contribution < -0.4 is 11.1 Å². The van der Waals surface area contributed by atoms with Gasteiger partial charge in [0.15, 0.2) is 10.8 Å². The summed E-state index contributed by atoms with van der Waals surface area (Å²) in [5.41, 5.74) is 3.96. The molecule has 15 nitrogen and oxygen atoms in total. The molecule has 4 atom stereocenters. The van der Waals surface area contributed by atoms with Crippen LogP contribution in [0.3, 0.4) is 0 Å². The van der Waals surface area contributed by atoms with E-state index in [1.165, 1.54) is 48.5 Å². The maximum Gasteiger partial charge on any atom is 0.373 e. The molecule has 3 saturated heterocycles. The number of carbonyl (C=O) groups is 4. The number of hydrogen-bond acceptors (Lipinski definition) is 14. The quantitative estimate of drug-likeness (QED) is 0.144. The lowest BCUT2D eigenvalue weighted by molar-refractivity contribution is -0.384. The largest absolute Gasteiger partial charge is 0.456 e. The summed E-state index contributed by atoms with van der Waals surface area (Å²) in [5, 5.41) is 18.1. The van der Waals surface area contributed by atoms with Crippen molar-refractivity contribution in [2.24, 2.45) is 11.1 Å². The number of nitrogen functional groups attached to an aromatic ring is 1. The minimum absolute atomic E-state index is 0.0942. The molecule has 3 aliphatic heterocycles. The normalized spacial score (nSPS) is 25.6. The number of aromatic nitrogens is 1. The predicted octanol–water partition coefficient (Wildman–Crippen LogP) is 0.387. The average molecular weight is 577 g/mol. The van der Waals surface area contributed by atoms with Crippen molar-refractivity contribution >= 4 is 63.4 Å². The van der Waals surface area contributed by atoms with Gasteiger partial charge in [0, 0.05) is 29.2 Å². The van der Waals surface area contributed by atoms with Crippen LogP contribution in [0, 0.1) is 16.0 Å². The summed E-state index contributed by atoms with van der Waals surface area (Å²) in [4.78, 5) is 72.2. The minimum atomic E-state index is -1.99. The Bertz CT molecular complexity index is 1400. The van der Waals surface area contributed by atoms with Gasteiger partial charge < -0.3 is 25.4 Å². The maximum atomic E-state index is 13.4. The summed E-state index contributed by atoms with van der Waals surface area (Å²) in [6.45, 7) is -0.267. The van der Waals surface area contributed by atoms with Crippen molar-refractivity contribution in [3.8, 4) is 0 Å². The smallest absolute Gasteiger partial charge is 0.373 e. The van der Waals surface area contributed by atoms with Crippen molar-refractivity contribution in [3.63, 3.8) is 0 Å². The second-order valence-electron chi connectivity index (χ2n) is 8.65. The second-order valence-corrected chi connectivity index (χ2v) is 10.7. The number of non-ortho nitro benzene ring substituents is 1. The number of nitro benzene ring substituents is 1. The van der Waals surface area contributed by atoms with Crippen molar-refractivity contribution in [2.45, 2.75) is 30.2 Å². The summed E-state index contributed by atoms with van der Waals surface area (Å²) in [7, 11) is 1.25. The summed E-state index contributed by atoms with van der Waals surface area (Å²) >= 11 is 2.38. The highest BCUT2D eigenvalue weighted by Crippen LogP contribution is 2.51. The minimum Gasteiger partial charge on any atom is -0.456 e. The van der Waals surface area contributed by atoms with Crippen LogP contribution in [0.1, 0.15) is 17.7 Å². The topological polar surface area (TPSA) is 206 Å². The molecule has 2 amide bonds. The highest BCUT2D eigenvalue weighted by atomic mass is 32.2. The molecular formula is C22H20N6O9S2. The Morgan fingerprint density at radius 2 is 2.10 bits per heavy atom. The number of amides is 2. The van der Waals surface area contributed by atoms with Gasteiger partial charge in [-0.05, 0) is 17.7 Å². The highest BCUT2D eigenvalue weighted by molar-refractivity contribution is 8.00. The standard InChI is InChI=1S/C22H20N6O9S2/c1-35-26-15(13-9-39-21(23)24-13)17(30)25-16-18(31)27-19(16)38-8-11-6-14(29)37-22(11,27)20(32)36-7-10-2-4-12(5-3-10)28(33)34/h2-5,9,11,16,19H,6-8H2,1H3,(H2,23,24)(H,25,30)/b26-15-/t11-,16+,19+,22+/m0/s1. The van der Waals surface area contributed by atoms with E-state index in [-0.39, 0.29) is 41.0 Å². The molecule has 3 aliphatic rings. The monoisotopic (exact) mass is 576 g/mol. The predicted molar refractivity (Wildman–Crippen MR) is 135 cm³/mol. The van der Waals surface area contributed by atoms with Gasteiger partial charge in [-0.1, -0.05) is 5.16 Å². The van der Waals surface area contributed by atoms with Crippen LogP contribution in [0.15, 0.2) is 34.8 Å². The number of fused-ring (bicyclic) bond motifs is 3. The molecule has 0 saturated carbocycles. The Morgan fingerprint density at radius 3 is 2.74 bits per heavy atom. The van der Waals surface area contributed by atoms with Crippen molar-refractivity contribution < 1.29 is 38.4 Å². The van der Waals surface area contributed by atoms with E-state index < -0.39 is 51.7 Å². The van der Waals surface area contributed by atoms with Gasteiger partial charge in [0.2, 0.25) is 0 Å². The van der Waals surface area contributed by atoms with E-state index in [1.807, 2.05) is 0 Å². The molecule has 204 valence electrons. The first kappa shape index (κ1) is 26.4. The third kappa shape index (κ3) is 4.52. The summed E-state index contributed by atoms with van der Waals surface area (Å²) in [6, 6.07) is 4.33. The Kier molecular flexibility index (Phi) is 6.85. The van der Waals surface area contributed by atoms with E-state index in [9.17, 15) is 29.3 Å². The molecule has 2 aromatic rings. The second kappa shape index (κ2) is 10.1. The van der Waals surface area contributed by atoms with Crippen molar-refractivity contribution in [2.75, 3.05) is 18.6 Å². The number of thiazole rings is 1. The van der Waals surface area contributed by atoms with Crippen LogP contribution in [0.2, 0.25) is 0 Å². The summed E-state index contributed by atoms with van der Waals surface area (Å²) in [5.74, 6) is -3.40. The number of esters is 2. The lowest BCUT2D eigenvalue weighted by Gasteiger charge is -2.56. The zero-order valence-corrected chi connectivity index (χ0v) is 21.7. The van der Waals surface area contributed by atoms with E-state index in [4.69, 9.17) is 20.0 Å². The number of carbonyl (C=O) groups excluding carboxylic acids is 4.